The minimum absolute atomic E-state index is 0.0517. The first kappa shape index (κ1) is 7.31. The molecule has 4 heteroatoms. The van der Waals surface area contributed by atoms with Gasteiger partial charge in [-0.25, -0.2) is 0 Å². The molecule has 0 aliphatic rings. The van der Waals surface area contributed by atoms with E-state index in [0.717, 1.165) is 0 Å². The van der Waals surface area contributed by atoms with Crippen molar-refractivity contribution in [3.05, 3.63) is 23.1 Å². The minimum Gasteiger partial charge on any atom is -0.442 e. The molecule has 0 saturated heterocycles. The van der Waals surface area contributed by atoms with Crippen LogP contribution < -0.4 is 5.73 Å². The van der Waals surface area contributed by atoms with Gasteiger partial charge in [-0.15, -0.1) is 0 Å². The summed E-state index contributed by atoms with van der Waals surface area (Å²) in [5, 5.41) is 0.205. The van der Waals surface area contributed by atoms with Crippen LogP contribution in [0.5, 0.6) is 0 Å². The Bertz CT molecular complexity index is 244. The summed E-state index contributed by atoms with van der Waals surface area (Å²) in [6.07, 6.45) is 0. The molecule has 0 aromatic carbocycles. The fourth-order valence-electron chi connectivity index (χ4n) is 0.565. The van der Waals surface area contributed by atoms with Gasteiger partial charge < -0.3 is 10.2 Å². The zero-order chi connectivity index (χ0) is 7.56. The maximum Gasteiger partial charge on any atom is 0.211 e. The fourth-order valence-corrected chi connectivity index (χ4v) is 0.711. The van der Waals surface area contributed by atoms with Crippen molar-refractivity contribution < 1.29 is 9.21 Å². The van der Waals surface area contributed by atoms with Gasteiger partial charge in [0, 0.05) is 0 Å². The van der Waals surface area contributed by atoms with E-state index >= 15 is 0 Å². The van der Waals surface area contributed by atoms with Crippen molar-refractivity contribution in [1.29, 1.82) is 0 Å². The summed E-state index contributed by atoms with van der Waals surface area (Å²) in [5.74, 6) is -0.0283. The first-order chi connectivity index (χ1) is 4.74. The standard InChI is InChI=1S/C6H6ClNO2/c7-6-2-1-5(10-6)4(9)3-8/h1-2H,3,8H2. The number of nitrogens with two attached hydrogens (primary N) is 1. The van der Waals surface area contributed by atoms with Crippen LogP contribution >= 0.6 is 11.6 Å². The molecule has 0 aliphatic heterocycles. The van der Waals surface area contributed by atoms with Crippen LogP contribution in [0.25, 0.3) is 0 Å². The summed E-state index contributed by atoms with van der Waals surface area (Å²) in [5.41, 5.74) is 5.06. The summed E-state index contributed by atoms with van der Waals surface area (Å²) in [6, 6.07) is 3.00. The second kappa shape index (κ2) is 2.86. The number of carbonyl (C=O) groups excluding carboxylic acids is 1. The van der Waals surface area contributed by atoms with Crippen LogP contribution in [0.15, 0.2) is 16.5 Å². The minimum atomic E-state index is -0.244. The second-order valence-corrected chi connectivity index (χ2v) is 2.10. The summed E-state index contributed by atoms with van der Waals surface area (Å²) in [6.45, 7) is -0.0517. The van der Waals surface area contributed by atoms with Crippen molar-refractivity contribution >= 4 is 17.4 Å². The SMILES string of the molecule is NCC(=O)c1ccc(Cl)o1. The van der Waals surface area contributed by atoms with Gasteiger partial charge in [-0.1, -0.05) is 0 Å². The number of halogens is 1. The Hall–Kier alpha value is -0.800. The summed E-state index contributed by atoms with van der Waals surface area (Å²) in [7, 11) is 0. The molecular weight excluding hydrogens is 154 g/mol. The number of hydrogen-bond donors (Lipinski definition) is 1. The van der Waals surface area contributed by atoms with Crippen molar-refractivity contribution in [1.82, 2.24) is 0 Å². The molecule has 3 nitrogen and oxygen atoms in total. The van der Waals surface area contributed by atoms with E-state index in [1.165, 1.54) is 12.1 Å². The molecule has 0 bridgehead atoms. The van der Waals surface area contributed by atoms with Gasteiger partial charge in [0.25, 0.3) is 0 Å². The molecule has 2 N–H and O–H groups in total. The lowest BCUT2D eigenvalue weighted by molar-refractivity contribution is 0.0975. The lowest BCUT2D eigenvalue weighted by Crippen LogP contribution is -2.12. The molecule has 0 atom stereocenters. The number of carbonyl (C=O) groups is 1. The monoisotopic (exact) mass is 159 g/mol. The molecule has 0 amide bonds. The Balaban J connectivity index is 2.85. The topological polar surface area (TPSA) is 56.2 Å². The Kier molecular flexibility index (Phi) is 2.09. The Labute approximate surface area is 62.8 Å². The maximum atomic E-state index is 10.7. The largest absolute Gasteiger partial charge is 0.442 e. The fraction of sp³-hybridized carbons (Fsp3) is 0.167. The molecule has 0 aliphatic carbocycles. The Morgan fingerprint density at radius 2 is 2.40 bits per heavy atom. The average Bonchev–Trinajstić information content (AvgIpc) is 2.34. The predicted molar refractivity (Wildman–Crippen MR) is 37.1 cm³/mol. The maximum absolute atomic E-state index is 10.7. The normalized spacial score (nSPS) is 9.80. The molecule has 1 aromatic rings. The second-order valence-electron chi connectivity index (χ2n) is 1.73. The van der Waals surface area contributed by atoms with Gasteiger partial charge in [0.15, 0.2) is 11.0 Å². The van der Waals surface area contributed by atoms with E-state index in [1.807, 2.05) is 0 Å². The number of rotatable bonds is 2. The van der Waals surface area contributed by atoms with E-state index in [4.69, 9.17) is 21.8 Å². The third-order valence-corrected chi connectivity index (χ3v) is 1.24. The molecule has 0 fully saturated rings. The van der Waals surface area contributed by atoms with Crippen LogP contribution in [-0.2, 0) is 0 Å². The number of Topliss-reactive ketones (excluding diaryl/α,β-unsaturated/α-hetero) is 1. The van der Waals surface area contributed by atoms with Crippen LogP contribution in [0, 0.1) is 0 Å². The third-order valence-electron chi connectivity index (χ3n) is 1.03. The lowest BCUT2D eigenvalue weighted by Gasteiger charge is -1.87. The van der Waals surface area contributed by atoms with Gasteiger partial charge in [-0.3, -0.25) is 4.79 Å². The lowest BCUT2D eigenvalue weighted by atomic mass is 10.3. The molecule has 54 valence electrons. The number of ketones is 1. The van der Waals surface area contributed by atoms with Gasteiger partial charge in [-0.05, 0) is 23.7 Å². The molecule has 0 radical (unpaired) electrons. The van der Waals surface area contributed by atoms with Crippen molar-refractivity contribution in [2.75, 3.05) is 6.54 Å². The molecule has 1 heterocycles. The Morgan fingerprint density at radius 1 is 1.70 bits per heavy atom. The molecule has 10 heavy (non-hydrogen) atoms. The molecular formula is C6H6ClNO2. The highest BCUT2D eigenvalue weighted by Gasteiger charge is 2.06. The van der Waals surface area contributed by atoms with Crippen LogP contribution in [-0.4, -0.2) is 12.3 Å². The molecule has 0 saturated carbocycles. The van der Waals surface area contributed by atoms with Crippen LogP contribution in [0.1, 0.15) is 10.6 Å². The Morgan fingerprint density at radius 3 is 2.80 bits per heavy atom. The van der Waals surface area contributed by atoms with E-state index in [2.05, 4.69) is 0 Å². The molecule has 0 unspecified atom stereocenters. The van der Waals surface area contributed by atoms with Gasteiger partial charge in [0.2, 0.25) is 5.78 Å². The first-order valence-corrected chi connectivity index (χ1v) is 3.10. The summed E-state index contributed by atoms with van der Waals surface area (Å²) < 4.78 is 4.77. The van der Waals surface area contributed by atoms with Crippen molar-refractivity contribution in [2.45, 2.75) is 0 Å². The molecule has 1 rings (SSSR count). The van der Waals surface area contributed by atoms with Gasteiger partial charge in [0.1, 0.15) is 0 Å². The zero-order valence-electron chi connectivity index (χ0n) is 5.13. The number of hydrogen-bond acceptors (Lipinski definition) is 3. The average molecular weight is 160 g/mol. The summed E-state index contributed by atoms with van der Waals surface area (Å²) in [4.78, 5) is 10.7. The van der Waals surface area contributed by atoms with Crippen molar-refractivity contribution in [3.8, 4) is 0 Å². The van der Waals surface area contributed by atoms with E-state index < -0.39 is 0 Å². The highest BCUT2D eigenvalue weighted by atomic mass is 35.5. The van der Waals surface area contributed by atoms with Crippen molar-refractivity contribution in [2.24, 2.45) is 5.73 Å². The number of furan rings is 1. The highest BCUT2D eigenvalue weighted by Crippen LogP contribution is 2.12. The van der Waals surface area contributed by atoms with Gasteiger partial charge in [0.05, 0.1) is 6.54 Å². The van der Waals surface area contributed by atoms with Crippen LogP contribution in [0.2, 0.25) is 5.22 Å². The first-order valence-electron chi connectivity index (χ1n) is 2.72. The smallest absolute Gasteiger partial charge is 0.211 e. The van der Waals surface area contributed by atoms with Gasteiger partial charge in [-0.2, -0.15) is 0 Å². The van der Waals surface area contributed by atoms with E-state index in [-0.39, 0.29) is 23.3 Å². The van der Waals surface area contributed by atoms with Crippen LogP contribution in [0.4, 0.5) is 0 Å². The van der Waals surface area contributed by atoms with Gasteiger partial charge >= 0.3 is 0 Å². The quantitative estimate of drug-likeness (QED) is 0.657. The zero-order valence-corrected chi connectivity index (χ0v) is 5.89. The van der Waals surface area contributed by atoms with E-state index in [9.17, 15) is 4.79 Å². The molecule has 0 spiro atoms. The highest BCUT2D eigenvalue weighted by molar-refractivity contribution is 6.29. The third kappa shape index (κ3) is 1.37. The van der Waals surface area contributed by atoms with Crippen molar-refractivity contribution in [3.63, 3.8) is 0 Å². The summed E-state index contributed by atoms with van der Waals surface area (Å²) >= 11 is 5.40. The van der Waals surface area contributed by atoms with E-state index in [0.29, 0.717) is 0 Å². The van der Waals surface area contributed by atoms with Crippen LogP contribution in [0.3, 0.4) is 0 Å². The van der Waals surface area contributed by atoms with E-state index in [1.54, 1.807) is 0 Å². The molecule has 1 aromatic heterocycles. The predicted octanol–water partition coefficient (Wildman–Crippen LogP) is 1.07.